The molecule has 0 amide bonds. The Kier molecular flexibility index (Phi) is 8.89. The Morgan fingerprint density at radius 1 is 0.436 bits per heavy atom. The summed E-state index contributed by atoms with van der Waals surface area (Å²) < 4.78 is 12.8. The monoisotopic (exact) mass is 713 g/mol. The first-order valence-electron chi connectivity index (χ1n) is 19.2. The molecule has 268 valence electrons. The lowest BCUT2D eigenvalue weighted by Gasteiger charge is -2.32. The third-order valence-electron chi connectivity index (χ3n) is 11.6. The Hall–Kier alpha value is -5.94. The lowest BCUT2D eigenvalue weighted by molar-refractivity contribution is 0.00578. The quantitative estimate of drug-likeness (QED) is 0.116. The van der Waals surface area contributed by atoms with E-state index in [1.807, 2.05) is 0 Å². The average molecular weight is 714 g/mol. The second kappa shape index (κ2) is 14.0. The summed E-state index contributed by atoms with van der Waals surface area (Å²) in [7, 11) is -0.412. The van der Waals surface area contributed by atoms with E-state index in [0.29, 0.717) is 0 Å². The van der Waals surface area contributed by atoms with Crippen LogP contribution in [0.25, 0.3) is 43.8 Å². The van der Waals surface area contributed by atoms with Gasteiger partial charge in [-0.1, -0.05) is 140 Å². The van der Waals surface area contributed by atoms with Crippen molar-refractivity contribution in [3.63, 3.8) is 0 Å². The minimum Gasteiger partial charge on any atom is -0.399 e. The largest absolute Gasteiger partial charge is 0.494 e. The molecule has 0 aliphatic carbocycles. The first-order chi connectivity index (χ1) is 26.7. The highest BCUT2D eigenvalue weighted by Crippen LogP contribution is 2.40. The van der Waals surface area contributed by atoms with Crippen LogP contribution < -0.4 is 10.4 Å². The van der Waals surface area contributed by atoms with Gasteiger partial charge in [-0.3, -0.25) is 0 Å². The van der Waals surface area contributed by atoms with E-state index in [2.05, 4.69) is 215 Å². The van der Waals surface area contributed by atoms with Gasteiger partial charge in [-0.2, -0.15) is 0 Å². The van der Waals surface area contributed by atoms with Crippen LogP contribution in [0.1, 0.15) is 38.8 Å². The number of fused-ring (bicyclic) bond motifs is 3. The van der Waals surface area contributed by atoms with Crippen LogP contribution >= 0.6 is 0 Å². The summed E-state index contributed by atoms with van der Waals surface area (Å²) in [6.07, 6.45) is 0.899. The van der Waals surface area contributed by atoms with E-state index in [1.165, 1.54) is 54.9 Å². The van der Waals surface area contributed by atoms with Crippen molar-refractivity contribution in [1.82, 2.24) is 0 Å². The molecule has 0 unspecified atom stereocenters. The highest BCUT2D eigenvalue weighted by atomic mass is 16.7. The van der Waals surface area contributed by atoms with Crippen molar-refractivity contribution in [2.24, 2.45) is 0 Å². The SMILES string of the molecule is CC1(C)OB(c2ccc(N(c3ccc(-c4ccccc4)cc3)c3ccc(-c4ccc5c(Cc6ccccc6)cc6ccccc6c5c4)cc3)cc2)OC1(C)C. The zero-order valence-corrected chi connectivity index (χ0v) is 31.9. The van der Waals surface area contributed by atoms with Gasteiger partial charge < -0.3 is 14.2 Å². The Morgan fingerprint density at radius 2 is 0.927 bits per heavy atom. The van der Waals surface area contributed by atoms with E-state index in [0.717, 1.165) is 28.9 Å². The van der Waals surface area contributed by atoms with Crippen LogP contribution in [0.5, 0.6) is 0 Å². The van der Waals surface area contributed by atoms with Crippen LogP contribution in [0.3, 0.4) is 0 Å². The van der Waals surface area contributed by atoms with E-state index < -0.39 is 18.3 Å². The van der Waals surface area contributed by atoms with Crippen LogP contribution in [-0.4, -0.2) is 18.3 Å². The fourth-order valence-corrected chi connectivity index (χ4v) is 7.77. The minimum atomic E-state index is -0.412. The molecule has 1 fully saturated rings. The lowest BCUT2D eigenvalue weighted by atomic mass is 9.79. The molecule has 1 aliphatic rings. The van der Waals surface area contributed by atoms with E-state index in [-0.39, 0.29) is 0 Å². The van der Waals surface area contributed by atoms with Gasteiger partial charge in [0.15, 0.2) is 0 Å². The molecule has 0 bridgehead atoms. The van der Waals surface area contributed by atoms with Crippen LogP contribution in [-0.2, 0) is 15.7 Å². The molecule has 55 heavy (non-hydrogen) atoms. The molecule has 4 heteroatoms. The molecule has 0 radical (unpaired) electrons. The standard InChI is InChI=1S/C51H44BNO2/c1-50(2)51(3,4)55-52(54-50)43-24-30-46(31-25-43)53(44-26-19-38(20-27-44)37-15-9-6-10-16-37)45-28-21-39(22-29-45)40-23-32-48-42(33-36-13-7-5-8-14-36)34-41-17-11-12-18-47(41)49(48)35-40/h5-32,34-35H,33H2,1-4H3. The zero-order chi connectivity index (χ0) is 37.6. The van der Waals surface area contributed by atoms with Gasteiger partial charge in [-0.15, -0.1) is 0 Å². The molecule has 0 spiro atoms. The molecule has 0 aromatic heterocycles. The molecule has 9 rings (SSSR count). The van der Waals surface area contributed by atoms with Gasteiger partial charge in [-0.25, -0.2) is 0 Å². The molecule has 1 saturated heterocycles. The number of benzene rings is 8. The fraction of sp³-hybridized carbons (Fsp3) is 0.137. The fourth-order valence-electron chi connectivity index (χ4n) is 7.77. The Bertz CT molecular complexity index is 2580. The van der Waals surface area contributed by atoms with Crippen molar-refractivity contribution in [3.05, 3.63) is 193 Å². The molecular weight excluding hydrogens is 669 g/mol. The summed E-state index contributed by atoms with van der Waals surface area (Å²) in [5.41, 5.74) is 10.9. The van der Waals surface area contributed by atoms with Gasteiger partial charge in [0.25, 0.3) is 0 Å². The van der Waals surface area contributed by atoms with E-state index >= 15 is 0 Å². The van der Waals surface area contributed by atoms with Crippen LogP contribution in [0.2, 0.25) is 0 Å². The summed E-state index contributed by atoms with van der Waals surface area (Å²) >= 11 is 0. The maximum absolute atomic E-state index is 6.38. The number of hydrogen-bond acceptors (Lipinski definition) is 3. The number of rotatable bonds is 8. The average Bonchev–Trinajstić information content (AvgIpc) is 3.45. The molecule has 0 saturated carbocycles. The molecule has 8 aromatic rings. The van der Waals surface area contributed by atoms with E-state index in [4.69, 9.17) is 9.31 Å². The molecule has 0 N–H and O–H groups in total. The number of nitrogens with zero attached hydrogens (tertiary/aromatic N) is 1. The van der Waals surface area contributed by atoms with Gasteiger partial charge in [0.1, 0.15) is 0 Å². The predicted octanol–water partition coefficient (Wildman–Crippen LogP) is 12.7. The maximum Gasteiger partial charge on any atom is 0.494 e. The van der Waals surface area contributed by atoms with Crippen molar-refractivity contribution >= 4 is 51.2 Å². The smallest absolute Gasteiger partial charge is 0.399 e. The van der Waals surface area contributed by atoms with Gasteiger partial charge >= 0.3 is 7.12 Å². The lowest BCUT2D eigenvalue weighted by Crippen LogP contribution is -2.41. The van der Waals surface area contributed by atoms with Crippen molar-refractivity contribution in [2.45, 2.75) is 45.3 Å². The maximum atomic E-state index is 6.38. The summed E-state index contributed by atoms with van der Waals surface area (Å²) in [4.78, 5) is 2.32. The summed E-state index contributed by atoms with van der Waals surface area (Å²) in [6.45, 7) is 8.37. The highest BCUT2D eigenvalue weighted by molar-refractivity contribution is 6.62. The molecule has 8 aromatic carbocycles. The van der Waals surface area contributed by atoms with Crippen molar-refractivity contribution < 1.29 is 9.31 Å². The van der Waals surface area contributed by atoms with Gasteiger partial charge in [0.05, 0.1) is 11.2 Å². The molecule has 3 nitrogen and oxygen atoms in total. The molecular formula is C51H44BNO2. The zero-order valence-electron chi connectivity index (χ0n) is 31.9. The number of hydrogen-bond donors (Lipinski definition) is 0. The van der Waals surface area contributed by atoms with Crippen LogP contribution in [0, 0.1) is 0 Å². The van der Waals surface area contributed by atoms with E-state index in [1.54, 1.807) is 0 Å². The Morgan fingerprint density at radius 3 is 1.55 bits per heavy atom. The van der Waals surface area contributed by atoms with Crippen LogP contribution in [0.4, 0.5) is 17.1 Å². The minimum absolute atomic E-state index is 0.396. The predicted molar refractivity (Wildman–Crippen MR) is 232 cm³/mol. The van der Waals surface area contributed by atoms with Gasteiger partial charge in [0.2, 0.25) is 0 Å². The summed E-state index contributed by atoms with van der Waals surface area (Å²) in [6, 6.07) is 65.7. The van der Waals surface area contributed by atoms with Crippen molar-refractivity contribution in [2.75, 3.05) is 4.90 Å². The number of anilines is 3. The first kappa shape index (κ1) is 34.8. The molecule has 1 aliphatic heterocycles. The molecule has 1 heterocycles. The molecule has 0 atom stereocenters. The van der Waals surface area contributed by atoms with Crippen molar-refractivity contribution in [1.29, 1.82) is 0 Å². The highest BCUT2D eigenvalue weighted by Gasteiger charge is 2.51. The Balaban J connectivity index is 1.08. The first-order valence-corrected chi connectivity index (χ1v) is 19.2. The van der Waals surface area contributed by atoms with Crippen LogP contribution in [0.15, 0.2) is 182 Å². The summed E-state index contributed by atoms with van der Waals surface area (Å²) in [5.74, 6) is 0. The third-order valence-corrected chi connectivity index (χ3v) is 11.6. The topological polar surface area (TPSA) is 21.7 Å². The summed E-state index contributed by atoms with van der Waals surface area (Å²) in [5, 5.41) is 5.14. The van der Waals surface area contributed by atoms with Gasteiger partial charge in [-0.05, 0) is 137 Å². The third kappa shape index (κ3) is 6.73. The normalized spacial score (nSPS) is 14.7. The second-order valence-electron chi connectivity index (χ2n) is 15.7. The second-order valence-corrected chi connectivity index (χ2v) is 15.7. The van der Waals surface area contributed by atoms with E-state index in [9.17, 15) is 0 Å². The Labute approximate surface area is 325 Å². The van der Waals surface area contributed by atoms with Gasteiger partial charge in [0, 0.05) is 17.1 Å². The van der Waals surface area contributed by atoms with Crippen molar-refractivity contribution in [3.8, 4) is 22.3 Å².